The number of terminal acetylenes is 1. The van der Waals surface area contributed by atoms with Crippen molar-refractivity contribution in [3.8, 4) is 29.6 Å². The van der Waals surface area contributed by atoms with Gasteiger partial charge in [0.15, 0.2) is 0 Å². The molecule has 5 heteroatoms. The van der Waals surface area contributed by atoms with E-state index in [0.717, 1.165) is 17.1 Å². The number of amides is 1. The van der Waals surface area contributed by atoms with Crippen LogP contribution in [0.5, 0.6) is 17.2 Å². The van der Waals surface area contributed by atoms with Crippen LogP contribution in [0.15, 0.2) is 42.5 Å². The van der Waals surface area contributed by atoms with Crippen molar-refractivity contribution in [2.45, 2.75) is 13.3 Å². The average Bonchev–Trinajstić information content (AvgIpc) is 2.67. The summed E-state index contributed by atoms with van der Waals surface area (Å²) in [5.74, 6) is 4.35. The summed E-state index contributed by atoms with van der Waals surface area (Å²) in [4.78, 5) is 12.6. The average molecular weight is 351 g/mol. The molecule has 0 bridgehead atoms. The first-order valence-electron chi connectivity index (χ1n) is 8.55. The third kappa shape index (κ3) is 4.28. The second-order valence-electron chi connectivity index (χ2n) is 5.92. The van der Waals surface area contributed by atoms with Gasteiger partial charge in [-0.15, -0.1) is 6.42 Å². The van der Waals surface area contributed by atoms with Crippen molar-refractivity contribution in [1.82, 2.24) is 0 Å². The fraction of sp³-hybridized carbons (Fsp3) is 0.286. The molecule has 2 aromatic rings. The van der Waals surface area contributed by atoms with Gasteiger partial charge in [0.1, 0.15) is 30.5 Å². The molecule has 3 rings (SSSR count). The number of fused-ring (bicyclic) bond motifs is 1. The van der Waals surface area contributed by atoms with Gasteiger partial charge in [0.25, 0.3) is 0 Å². The third-order valence-electron chi connectivity index (χ3n) is 4.06. The summed E-state index contributed by atoms with van der Waals surface area (Å²) in [6.45, 7) is 3.12. The van der Waals surface area contributed by atoms with Gasteiger partial charge in [-0.1, -0.05) is 5.92 Å². The first-order chi connectivity index (χ1) is 12.7. The van der Waals surface area contributed by atoms with Gasteiger partial charge < -0.3 is 19.5 Å². The number of nitrogens with one attached hydrogen (secondary N) is 1. The highest BCUT2D eigenvalue weighted by Crippen LogP contribution is 2.31. The maximum Gasteiger partial charge on any atom is 0.231 e. The number of rotatable bonds is 6. The lowest BCUT2D eigenvalue weighted by Crippen LogP contribution is -2.32. The van der Waals surface area contributed by atoms with Crippen LogP contribution in [-0.2, 0) is 11.2 Å². The molecule has 2 aromatic carbocycles. The van der Waals surface area contributed by atoms with Gasteiger partial charge >= 0.3 is 0 Å². The molecule has 1 unspecified atom stereocenters. The second-order valence-corrected chi connectivity index (χ2v) is 5.92. The zero-order valence-corrected chi connectivity index (χ0v) is 14.7. The quantitative estimate of drug-likeness (QED) is 0.812. The molecule has 0 fully saturated rings. The number of ether oxygens (including phenoxy) is 3. The largest absolute Gasteiger partial charge is 0.494 e. The van der Waals surface area contributed by atoms with Crippen LogP contribution in [0.4, 0.5) is 5.69 Å². The summed E-state index contributed by atoms with van der Waals surface area (Å²) in [7, 11) is 0. The Balaban J connectivity index is 1.62. The number of carbonyl (C=O) groups excluding carboxylic acids is 1. The number of anilines is 1. The van der Waals surface area contributed by atoms with Gasteiger partial charge in [-0.2, -0.15) is 0 Å². The molecule has 0 aromatic heterocycles. The summed E-state index contributed by atoms with van der Waals surface area (Å²) >= 11 is 0. The van der Waals surface area contributed by atoms with Crippen LogP contribution in [0, 0.1) is 18.3 Å². The molecule has 0 saturated carbocycles. The molecule has 1 atom stereocenters. The van der Waals surface area contributed by atoms with Crippen LogP contribution in [0.3, 0.4) is 0 Å². The highest BCUT2D eigenvalue weighted by Gasteiger charge is 2.26. The maximum absolute atomic E-state index is 12.6. The van der Waals surface area contributed by atoms with Crippen molar-refractivity contribution >= 4 is 11.6 Å². The van der Waals surface area contributed by atoms with Crippen molar-refractivity contribution < 1.29 is 19.0 Å². The smallest absolute Gasteiger partial charge is 0.231 e. The second kappa shape index (κ2) is 8.30. The molecule has 5 nitrogen and oxygen atoms in total. The summed E-state index contributed by atoms with van der Waals surface area (Å²) in [5, 5.41) is 2.92. The fourth-order valence-corrected chi connectivity index (χ4v) is 2.80. The molecule has 1 N–H and O–H groups in total. The Morgan fingerprint density at radius 3 is 2.73 bits per heavy atom. The van der Waals surface area contributed by atoms with Crippen LogP contribution in [0.1, 0.15) is 12.5 Å². The standard InChI is InChI=1S/C21H21NO4/c1-3-11-25-18-7-5-17(6-8-18)22-21(23)16-12-15-13-19(24-4-2)9-10-20(15)26-14-16/h1,5-10,13,16H,4,11-12,14H2,2H3,(H,22,23). The number of hydrogen-bond donors (Lipinski definition) is 1. The van der Waals surface area contributed by atoms with E-state index in [1.807, 2.05) is 25.1 Å². The Morgan fingerprint density at radius 1 is 1.23 bits per heavy atom. The minimum atomic E-state index is -0.253. The minimum Gasteiger partial charge on any atom is -0.494 e. The van der Waals surface area contributed by atoms with Crippen molar-refractivity contribution in [3.05, 3.63) is 48.0 Å². The molecule has 0 spiro atoms. The lowest BCUT2D eigenvalue weighted by Gasteiger charge is -2.25. The Labute approximate surface area is 153 Å². The molecule has 134 valence electrons. The first kappa shape index (κ1) is 17.7. The van der Waals surface area contributed by atoms with Crippen molar-refractivity contribution in [1.29, 1.82) is 0 Å². The molecule has 1 aliphatic heterocycles. The van der Waals surface area contributed by atoms with E-state index >= 15 is 0 Å². The Morgan fingerprint density at radius 2 is 2.00 bits per heavy atom. The van der Waals surface area contributed by atoms with Gasteiger partial charge in [0, 0.05) is 5.69 Å². The van der Waals surface area contributed by atoms with Crippen LogP contribution >= 0.6 is 0 Å². The number of hydrogen-bond acceptors (Lipinski definition) is 4. The Bertz CT molecular complexity index is 808. The van der Waals surface area contributed by atoms with E-state index < -0.39 is 0 Å². The normalized spacial score (nSPS) is 15.2. The van der Waals surface area contributed by atoms with E-state index in [9.17, 15) is 4.79 Å². The molecule has 1 aliphatic rings. The summed E-state index contributed by atoms with van der Waals surface area (Å²) in [6.07, 6.45) is 5.78. The minimum absolute atomic E-state index is 0.0743. The zero-order chi connectivity index (χ0) is 18.4. The molecule has 0 aliphatic carbocycles. The molecule has 0 saturated heterocycles. The van der Waals surface area contributed by atoms with Crippen molar-refractivity contribution in [2.24, 2.45) is 5.92 Å². The monoisotopic (exact) mass is 351 g/mol. The van der Waals surface area contributed by atoms with Crippen LogP contribution < -0.4 is 19.5 Å². The van der Waals surface area contributed by atoms with Crippen molar-refractivity contribution in [3.63, 3.8) is 0 Å². The van der Waals surface area contributed by atoms with Crippen LogP contribution in [-0.4, -0.2) is 25.7 Å². The summed E-state index contributed by atoms with van der Waals surface area (Å²) < 4.78 is 16.6. The highest BCUT2D eigenvalue weighted by molar-refractivity contribution is 5.93. The van der Waals surface area contributed by atoms with Gasteiger partial charge in [-0.3, -0.25) is 4.79 Å². The molecule has 0 radical (unpaired) electrons. The van der Waals surface area contributed by atoms with Gasteiger partial charge in [-0.25, -0.2) is 0 Å². The van der Waals surface area contributed by atoms with Gasteiger partial charge in [0.05, 0.1) is 12.5 Å². The molecular weight excluding hydrogens is 330 g/mol. The van der Waals surface area contributed by atoms with E-state index in [1.54, 1.807) is 24.3 Å². The SMILES string of the molecule is C#CCOc1ccc(NC(=O)C2COc3ccc(OCC)cc3C2)cc1. The van der Waals surface area contributed by atoms with Gasteiger partial charge in [-0.05, 0) is 61.4 Å². The topological polar surface area (TPSA) is 56.8 Å². The van der Waals surface area contributed by atoms with Crippen LogP contribution in [0.2, 0.25) is 0 Å². The maximum atomic E-state index is 12.6. The summed E-state index contributed by atoms with van der Waals surface area (Å²) in [5.41, 5.74) is 1.69. The number of carbonyl (C=O) groups is 1. The predicted octanol–water partition coefficient (Wildman–Crippen LogP) is 3.29. The molecule has 1 amide bonds. The lowest BCUT2D eigenvalue weighted by atomic mass is 9.95. The lowest BCUT2D eigenvalue weighted by molar-refractivity contribution is -0.121. The highest BCUT2D eigenvalue weighted by atomic mass is 16.5. The van der Waals surface area contributed by atoms with E-state index in [2.05, 4.69) is 11.2 Å². The Hall–Kier alpha value is -3.13. The summed E-state index contributed by atoms with van der Waals surface area (Å²) in [6, 6.07) is 12.8. The third-order valence-corrected chi connectivity index (χ3v) is 4.06. The van der Waals surface area contributed by atoms with E-state index in [4.69, 9.17) is 20.6 Å². The predicted molar refractivity (Wildman–Crippen MR) is 99.7 cm³/mol. The molecular formula is C21H21NO4. The molecule has 26 heavy (non-hydrogen) atoms. The van der Waals surface area contributed by atoms with E-state index in [0.29, 0.717) is 31.1 Å². The molecule has 1 heterocycles. The van der Waals surface area contributed by atoms with Gasteiger partial charge in [0.2, 0.25) is 5.91 Å². The Kier molecular flexibility index (Phi) is 5.65. The fourth-order valence-electron chi connectivity index (χ4n) is 2.80. The van der Waals surface area contributed by atoms with E-state index in [-0.39, 0.29) is 18.4 Å². The van der Waals surface area contributed by atoms with Crippen LogP contribution in [0.25, 0.3) is 0 Å². The van der Waals surface area contributed by atoms with Crippen molar-refractivity contribution in [2.75, 3.05) is 25.1 Å². The first-order valence-corrected chi connectivity index (χ1v) is 8.55. The zero-order valence-electron chi connectivity index (χ0n) is 14.7. The van der Waals surface area contributed by atoms with E-state index in [1.165, 1.54) is 0 Å². The number of benzene rings is 2.